The first-order valence-corrected chi connectivity index (χ1v) is 6.02. The van der Waals surface area contributed by atoms with E-state index in [1.165, 1.54) is 0 Å². The van der Waals surface area contributed by atoms with Crippen LogP contribution in [0.1, 0.15) is 45.1 Å². The molecule has 0 spiro atoms. The highest BCUT2D eigenvalue weighted by molar-refractivity contribution is 5.14. The third-order valence-corrected chi connectivity index (χ3v) is 2.51. The lowest BCUT2D eigenvalue weighted by molar-refractivity contribution is 0.0668. The van der Waals surface area contributed by atoms with Crippen LogP contribution in [-0.4, -0.2) is 22.5 Å². The summed E-state index contributed by atoms with van der Waals surface area (Å²) in [6, 6.07) is 1.99. The summed E-state index contributed by atoms with van der Waals surface area (Å²) in [6.45, 7) is 9.61. The van der Waals surface area contributed by atoms with Crippen LogP contribution in [0.4, 0.5) is 0 Å². The molecule has 0 saturated heterocycles. The molecule has 4 heteroatoms. The zero-order valence-electron chi connectivity index (χ0n) is 10.7. The molecule has 0 radical (unpaired) electrons. The van der Waals surface area contributed by atoms with E-state index in [0.29, 0.717) is 6.61 Å². The van der Waals surface area contributed by atoms with Gasteiger partial charge in [0.05, 0.1) is 30.1 Å². The summed E-state index contributed by atoms with van der Waals surface area (Å²) in [6.07, 6.45) is 1.16. The fraction of sp³-hybridized carbons (Fsp3) is 0.750. The lowest BCUT2D eigenvalue weighted by Gasteiger charge is -2.15. The van der Waals surface area contributed by atoms with Crippen molar-refractivity contribution in [1.29, 1.82) is 0 Å². The molecule has 1 unspecified atom stereocenters. The number of aromatic nitrogens is 2. The van der Waals surface area contributed by atoms with Crippen molar-refractivity contribution in [2.24, 2.45) is 5.73 Å². The first-order valence-electron chi connectivity index (χ1n) is 6.02. The number of ether oxygens (including phenoxy) is 1. The molecule has 0 aromatic carbocycles. The zero-order valence-corrected chi connectivity index (χ0v) is 10.7. The predicted molar refractivity (Wildman–Crippen MR) is 65.3 cm³/mol. The molecule has 0 fully saturated rings. The number of rotatable bonds is 6. The first kappa shape index (κ1) is 13.2. The fourth-order valence-electron chi connectivity index (χ4n) is 1.59. The van der Waals surface area contributed by atoms with Crippen LogP contribution in [0.5, 0.6) is 0 Å². The van der Waals surface area contributed by atoms with Gasteiger partial charge in [0.1, 0.15) is 0 Å². The van der Waals surface area contributed by atoms with Gasteiger partial charge >= 0.3 is 0 Å². The average Bonchev–Trinajstić information content (AvgIpc) is 2.68. The number of nitrogens with zero attached hydrogens (tertiary/aromatic N) is 2. The molecule has 0 aliphatic carbocycles. The number of hydrogen-bond acceptors (Lipinski definition) is 3. The number of nitrogens with two attached hydrogens (primary N) is 1. The molecule has 0 bridgehead atoms. The van der Waals surface area contributed by atoms with E-state index in [4.69, 9.17) is 10.5 Å². The molecule has 0 saturated carbocycles. The molecule has 1 aromatic heterocycles. The Hall–Kier alpha value is -0.870. The minimum atomic E-state index is -0.0878. The van der Waals surface area contributed by atoms with Gasteiger partial charge in [0.2, 0.25) is 0 Å². The third-order valence-electron chi connectivity index (χ3n) is 2.51. The van der Waals surface area contributed by atoms with E-state index in [1.54, 1.807) is 0 Å². The smallest absolute Gasteiger partial charge is 0.0704 e. The minimum Gasteiger partial charge on any atom is -0.377 e. The molecule has 1 heterocycles. The van der Waals surface area contributed by atoms with Crippen LogP contribution in [0.2, 0.25) is 0 Å². The van der Waals surface area contributed by atoms with Gasteiger partial charge in [-0.2, -0.15) is 5.10 Å². The molecule has 1 rings (SSSR count). The summed E-state index contributed by atoms with van der Waals surface area (Å²) >= 11 is 0. The van der Waals surface area contributed by atoms with E-state index in [-0.39, 0.29) is 12.1 Å². The van der Waals surface area contributed by atoms with Gasteiger partial charge in [-0.15, -0.1) is 0 Å². The Labute approximate surface area is 97.8 Å². The van der Waals surface area contributed by atoms with Crippen molar-refractivity contribution in [3.63, 3.8) is 0 Å². The molecule has 0 amide bonds. The SMILES string of the molecule is CCc1cc(C(N)COC(C)C)n(CC)n1. The fourth-order valence-corrected chi connectivity index (χ4v) is 1.59. The largest absolute Gasteiger partial charge is 0.377 e. The zero-order chi connectivity index (χ0) is 12.1. The van der Waals surface area contributed by atoms with Crippen LogP contribution in [-0.2, 0) is 17.7 Å². The molecular formula is C12H23N3O. The van der Waals surface area contributed by atoms with Crippen molar-refractivity contribution in [3.05, 3.63) is 17.5 Å². The predicted octanol–water partition coefficient (Wildman–Crippen LogP) is 1.89. The van der Waals surface area contributed by atoms with Gasteiger partial charge in [-0.1, -0.05) is 6.92 Å². The van der Waals surface area contributed by atoms with Crippen molar-refractivity contribution >= 4 is 0 Å². The van der Waals surface area contributed by atoms with Crippen molar-refractivity contribution in [3.8, 4) is 0 Å². The first-order chi connectivity index (χ1) is 7.58. The molecule has 4 nitrogen and oxygen atoms in total. The van der Waals surface area contributed by atoms with Gasteiger partial charge < -0.3 is 10.5 Å². The topological polar surface area (TPSA) is 53.1 Å². The number of aryl methyl sites for hydroxylation is 2. The third kappa shape index (κ3) is 3.32. The molecule has 1 aromatic rings. The maximum atomic E-state index is 6.10. The summed E-state index contributed by atoms with van der Waals surface area (Å²) < 4.78 is 7.50. The van der Waals surface area contributed by atoms with Gasteiger partial charge in [-0.25, -0.2) is 0 Å². The van der Waals surface area contributed by atoms with Crippen LogP contribution >= 0.6 is 0 Å². The second-order valence-corrected chi connectivity index (χ2v) is 4.22. The Morgan fingerprint density at radius 2 is 2.12 bits per heavy atom. The minimum absolute atomic E-state index is 0.0878. The normalized spacial score (nSPS) is 13.4. The summed E-state index contributed by atoms with van der Waals surface area (Å²) in [7, 11) is 0. The average molecular weight is 225 g/mol. The highest BCUT2D eigenvalue weighted by Gasteiger charge is 2.14. The van der Waals surface area contributed by atoms with E-state index >= 15 is 0 Å². The molecule has 0 aliphatic rings. The van der Waals surface area contributed by atoms with Crippen LogP contribution in [0, 0.1) is 0 Å². The van der Waals surface area contributed by atoms with E-state index < -0.39 is 0 Å². The van der Waals surface area contributed by atoms with E-state index in [2.05, 4.69) is 25.0 Å². The Bertz CT molecular complexity index is 320. The van der Waals surface area contributed by atoms with Gasteiger partial charge in [-0.3, -0.25) is 4.68 Å². The summed E-state index contributed by atoms with van der Waals surface area (Å²) in [5.74, 6) is 0. The second kappa shape index (κ2) is 6.01. The Morgan fingerprint density at radius 3 is 2.62 bits per heavy atom. The standard InChI is InChI=1S/C12H23N3O/c1-5-10-7-12(15(6-2)14-10)11(13)8-16-9(3)4/h7,9,11H,5-6,8,13H2,1-4H3. The van der Waals surface area contributed by atoms with Crippen LogP contribution in [0.25, 0.3) is 0 Å². The maximum Gasteiger partial charge on any atom is 0.0704 e. The summed E-state index contributed by atoms with van der Waals surface area (Å²) in [4.78, 5) is 0. The van der Waals surface area contributed by atoms with E-state index in [0.717, 1.165) is 24.4 Å². The molecule has 0 aliphatic heterocycles. The van der Waals surface area contributed by atoms with Crippen molar-refractivity contribution in [2.45, 2.75) is 52.8 Å². The highest BCUT2D eigenvalue weighted by atomic mass is 16.5. The van der Waals surface area contributed by atoms with Crippen LogP contribution in [0.3, 0.4) is 0 Å². The summed E-state index contributed by atoms with van der Waals surface area (Å²) in [5.41, 5.74) is 8.27. The maximum absolute atomic E-state index is 6.10. The van der Waals surface area contributed by atoms with Gasteiger partial charge in [-0.05, 0) is 33.3 Å². The van der Waals surface area contributed by atoms with Crippen molar-refractivity contribution < 1.29 is 4.74 Å². The molecule has 1 atom stereocenters. The molecular weight excluding hydrogens is 202 g/mol. The molecule has 92 valence electrons. The Kier molecular flexibility index (Phi) is 4.96. The quantitative estimate of drug-likeness (QED) is 0.804. The van der Waals surface area contributed by atoms with Gasteiger partial charge in [0, 0.05) is 6.54 Å². The molecule has 2 N–H and O–H groups in total. The Balaban J connectivity index is 2.72. The molecule has 16 heavy (non-hydrogen) atoms. The second-order valence-electron chi connectivity index (χ2n) is 4.22. The Morgan fingerprint density at radius 1 is 1.44 bits per heavy atom. The lowest BCUT2D eigenvalue weighted by Crippen LogP contribution is -2.22. The summed E-state index contributed by atoms with van der Waals surface area (Å²) in [5, 5.41) is 4.48. The monoisotopic (exact) mass is 225 g/mol. The highest BCUT2D eigenvalue weighted by Crippen LogP contribution is 2.14. The lowest BCUT2D eigenvalue weighted by atomic mass is 10.2. The van der Waals surface area contributed by atoms with Crippen molar-refractivity contribution in [2.75, 3.05) is 6.61 Å². The van der Waals surface area contributed by atoms with Crippen LogP contribution in [0.15, 0.2) is 6.07 Å². The van der Waals surface area contributed by atoms with E-state index in [9.17, 15) is 0 Å². The van der Waals surface area contributed by atoms with Crippen LogP contribution < -0.4 is 5.73 Å². The van der Waals surface area contributed by atoms with Crippen molar-refractivity contribution in [1.82, 2.24) is 9.78 Å². The number of hydrogen-bond donors (Lipinski definition) is 1. The van der Waals surface area contributed by atoms with E-state index in [1.807, 2.05) is 18.5 Å². The van der Waals surface area contributed by atoms with Gasteiger partial charge in [0.15, 0.2) is 0 Å². The van der Waals surface area contributed by atoms with Gasteiger partial charge in [0.25, 0.3) is 0 Å².